The van der Waals surface area contributed by atoms with E-state index in [-0.39, 0.29) is 17.8 Å². The highest BCUT2D eigenvalue weighted by molar-refractivity contribution is 5.77. The predicted octanol–water partition coefficient (Wildman–Crippen LogP) is 0.663. The maximum Gasteiger partial charge on any atom is 0.315 e. The number of aromatic hydroxyl groups is 1. The van der Waals surface area contributed by atoms with Gasteiger partial charge in [0.05, 0.1) is 18.1 Å². The van der Waals surface area contributed by atoms with E-state index in [9.17, 15) is 20.0 Å². The van der Waals surface area contributed by atoms with Crippen LogP contribution in [0.15, 0.2) is 12.1 Å². The van der Waals surface area contributed by atoms with E-state index >= 15 is 0 Å². The Labute approximate surface area is 102 Å². The normalized spacial score (nSPS) is 18.1. The Bertz CT molecular complexity index is 516. The first-order valence-electron chi connectivity index (χ1n) is 5.12. The van der Waals surface area contributed by atoms with E-state index in [2.05, 4.69) is 10.6 Å². The van der Waals surface area contributed by atoms with Crippen molar-refractivity contribution in [1.29, 1.82) is 0 Å². The molecule has 96 valence electrons. The number of methoxy groups -OCH3 is 1. The van der Waals surface area contributed by atoms with E-state index in [4.69, 9.17) is 4.74 Å². The average Bonchev–Trinajstić information content (AvgIpc) is 2.76. The number of nitro benzene ring substituents is 1. The summed E-state index contributed by atoms with van der Waals surface area (Å²) in [6, 6.07) is 1.95. The number of amides is 2. The monoisotopic (exact) mass is 253 g/mol. The molecule has 1 fully saturated rings. The molecule has 0 spiro atoms. The molecular weight excluding hydrogens is 242 g/mol. The van der Waals surface area contributed by atoms with Gasteiger partial charge in [-0.15, -0.1) is 0 Å². The lowest BCUT2D eigenvalue weighted by Crippen LogP contribution is -2.21. The van der Waals surface area contributed by atoms with Crippen molar-refractivity contribution in [3.63, 3.8) is 0 Å². The first-order valence-corrected chi connectivity index (χ1v) is 5.12. The molecule has 3 N–H and O–H groups in total. The van der Waals surface area contributed by atoms with Crippen LogP contribution in [0.1, 0.15) is 11.6 Å². The molecule has 2 amide bonds. The van der Waals surface area contributed by atoms with Crippen LogP contribution in [0.4, 0.5) is 10.5 Å². The van der Waals surface area contributed by atoms with E-state index in [1.165, 1.54) is 19.2 Å². The van der Waals surface area contributed by atoms with Gasteiger partial charge in [0.15, 0.2) is 5.75 Å². The molecule has 0 unspecified atom stereocenters. The average molecular weight is 253 g/mol. The van der Waals surface area contributed by atoms with Gasteiger partial charge >= 0.3 is 11.7 Å². The molecule has 1 aliphatic heterocycles. The summed E-state index contributed by atoms with van der Waals surface area (Å²) in [5.74, 6) is -0.524. The van der Waals surface area contributed by atoms with Gasteiger partial charge in [-0.3, -0.25) is 10.1 Å². The molecule has 18 heavy (non-hydrogen) atoms. The van der Waals surface area contributed by atoms with Crippen molar-refractivity contribution in [2.45, 2.75) is 6.04 Å². The van der Waals surface area contributed by atoms with Crippen molar-refractivity contribution in [3.8, 4) is 11.5 Å². The second kappa shape index (κ2) is 4.40. The van der Waals surface area contributed by atoms with Crippen molar-refractivity contribution < 1.29 is 19.6 Å². The fourth-order valence-electron chi connectivity index (χ4n) is 1.77. The Hall–Kier alpha value is -2.51. The highest BCUT2D eigenvalue weighted by Crippen LogP contribution is 2.38. The second-order valence-corrected chi connectivity index (χ2v) is 3.75. The number of carbonyl (C=O) groups is 1. The van der Waals surface area contributed by atoms with Gasteiger partial charge in [-0.25, -0.2) is 4.79 Å². The minimum atomic E-state index is -0.703. The Morgan fingerprint density at radius 1 is 1.56 bits per heavy atom. The van der Waals surface area contributed by atoms with Crippen LogP contribution in [0.5, 0.6) is 11.5 Å². The zero-order chi connectivity index (χ0) is 13.3. The van der Waals surface area contributed by atoms with E-state index in [1.807, 2.05) is 0 Å². The van der Waals surface area contributed by atoms with Crippen molar-refractivity contribution in [2.24, 2.45) is 0 Å². The van der Waals surface area contributed by atoms with Crippen LogP contribution in [0.3, 0.4) is 0 Å². The minimum absolute atomic E-state index is 0.000323. The molecule has 8 nitrogen and oxygen atoms in total. The van der Waals surface area contributed by atoms with Crippen molar-refractivity contribution in [2.75, 3.05) is 13.7 Å². The third-order valence-electron chi connectivity index (χ3n) is 2.67. The third kappa shape index (κ3) is 1.99. The number of hydrogen-bond acceptors (Lipinski definition) is 5. The van der Waals surface area contributed by atoms with Crippen LogP contribution in [0, 0.1) is 10.1 Å². The predicted molar refractivity (Wildman–Crippen MR) is 60.6 cm³/mol. The van der Waals surface area contributed by atoms with Crippen molar-refractivity contribution >= 4 is 11.7 Å². The van der Waals surface area contributed by atoms with Gasteiger partial charge in [0, 0.05) is 12.6 Å². The number of benzene rings is 1. The van der Waals surface area contributed by atoms with Gasteiger partial charge in [0.2, 0.25) is 5.75 Å². The van der Waals surface area contributed by atoms with Gasteiger partial charge in [0.25, 0.3) is 0 Å². The number of rotatable bonds is 3. The fraction of sp³-hybridized carbons (Fsp3) is 0.300. The number of phenolic OH excluding ortho intramolecular Hbond substituents is 1. The van der Waals surface area contributed by atoms with Crippen LogP contribution < -0.4 is 15.4 Å². The highest BCUT2D eigenvalue weighted by Gasteiger charge is 2.27. The van der Waals surface area contributed by atoms with Gasteiger partial charge in [-0.05, 0) is 11.6 Å². The first-order chi connectivity index (χ1) is 8.52. The zero-order valence-corrected chi connectivity index (χ0v) is 9.47. The van der Waals surface area contributed by atoms with Crippen molar-refractivity contribution in [3.05, 3.63) is 27.8 Å². The van der Waals surface area contributed by atoms with Gasteiger partial charge in [-0.1, -0.05) is 0 Å². The molecule has 0 aromatic heterocycles. The summed E-state index contributed by atoms with van der Waals surface area (Å²) in [6.07, 6.45) is 0. The molecule has 1 atom stereocenters. The van der Waals surface area contributed by atoms with Gasteiger partial charge in [-0.2, -0.15) is 0 Å². The first kappa shape index (κ1) is 12.0. The molecule has 0 aliphatic carbocycles. The quantitative estimate of drug-likeness (QED) is 0.541. The number of hydrogen-bond donors (Lipinski definition) is 3. The van der Waals surface area contributed by atoms with Gasteiger partial charge < -0.3 is 20.5 Å². The van der Waals surface area contributed by atoms with Gasteiger partial charge in [0.1, 0.15) is 0 Å². The van der Waals surface area contributed by atoms with Crippen LogP contribution in [-0.4, -0.2) is 29.7 Å². The Morgan fingerprint density at radius 3 is 2.78 bits per heavy atom. The third-order valence-corrected chi connectivity index (χ3v) is 2.67. The lowest BCUT2D eigenvalue weighted by molar-refractivity contribution is -0.386. The molecule has 0 bridgehead atoms. The topological polar surface area (TPSA) is 114 Å². The summed E-state index contributed by atoms with van der Waals surface area (Å²) in [7, 11) is 1.30. The lowest BCUT2D eigenvalue weighted by atomic mass is 10.1. The summed E-state index contributed by atoms with van der Waals surface area (Å²) in [6.45, 7) is 0.323. The van der Waals surface area contributed by atoms with Crippen LogP contribution >= 0.6 is 0 Å². The van der Waals surface area contributed by atoms with Crippen LogP contribution in [0.25, 0.3) is 0 Å². The Balaban J connectivity index is 2.45. The number of ether oxygens (including phenoxy) is 1. The van der Waals surface area contributed by atoms with E-state index in [0.717, 1.165) is 0 Å². The molecule has 1 saturated heterocycles. The largest absolute Gasteiger partial charge is 0.500 e. The summed E-state index contributed by atoms with van der Waals surface area (Å²) in [5.41, 5.74) is 0.0419. The van der Waals surface area contributed by atoms with E-state index in [1.54, 1.807) is 0 Å². The standard InChI is InChI=1S/C10H11N3O5/c1-18-8-3-5(6-4-11-10(15)12-6)2-7(9(8)14)13(16)17/h2-3,6,14H,4H2,1H3,(H2,11,12,15)/t6-/m0/s1. The highest BCUT2D eigenvalue weighted by atomic mass is 16.6. The molecule has 1 aliphatic rings. The molecule has 1 heterocycles. The van der Waals surface area contributed by atoms with Crippen LogP contribution in [-0.2, 0) is 0 Å². The lowest BCUT2D eigenvalue weighted by Gasteiger charge is -2.11. The van der Waals surface area contributed by atoms with Crippen molar-refractivity contribution in [1.82, 2.24) is 10.6 Å². The molecule has 0 saturated carbocycles. The summed E-state index contributed by atoms with van der Waals surface area (Å²) >= 11 is 0. The van der Waals surface area contributed by atoms with E-state index < -0.39 is 16.4 Å². The second-order valence-electron chi connectivity index (χ2n) is 3.75. The molecule has 1 aromatic rings. The maximum absolute atomic E-state index is 11.0. The number of nitrogens with one attached hydrogen (secondary N) is 2. The minimum Gasteiger partial charge on any atom is -0.500 e. The summed E-state index contributed by atoms with van der Waals surface area (Å²) in [4.78, 5) is 21.1. The number of carbonyl (C=O) groups excluding carboxylic acids is 1. The summed E-state index contributed by atoms with van der Waals surface area (Å²) in [5, 5.41) is 25.6. The molecule has 8 heteroatoms. The van der Waals surface area contributed by atoms with Crippen LogP contribution in [0.2, 0.25) is 0 Å². The number of nitrogens with zero attached hydrogens (tertiary/aromatic N) is 1. The fourth-order valence-corrected chi connectivity index (χ4v) is 1.77. The summed E-state index contributed by atoms with van der Waals surface area (Å²) < 4.78 is 4.88. The van der Waals surface area contributed by atoms with E-state index in [0.29, 0.717) is 12.1 Å². The zero-order valence-electron chi connectivity index (χ0n) is 9.47. The Kier molecular flexibility index (Phi) is 2.92. The molecule has 0 radical (unpaired) electrons. The Morgan fingerprint density at radius 2 is 2.28 bits per heavy atom. The maximum atomic E-state index is 11.0. The molecule has 1 aromatic carbocycles. The number of urea groups is 1. The smallest absolute Gasteiger partial charge is 0.315 e. The number of nitro groups is 1. The SMILES string of the molecule is COc1cc([C@@H]2CNC(=O)N2)cc([N+](=O)[O-])c1O. The number of phenols is 1. The molecular formula is C10H11N3O5. The molecule has 2 rings (SSSR count).